The van der Waals surface area contributed by atoms with Gasteiger partial charge >= 0.3 is 5.97 Å². The van der Waals surface area contributed by atoms with Crippen LogP contribution in [-0.2, 0) is 0 Å². The third kappa shape index (κ3) is 3.32. The monoisotopic (exact) mass is 247 g/mol. The van der Waals surface area contributed by atoms with Gasteiger partial charge < -0.3 is 10.4 Å². The number of benzene rings is 1. The van der Waals surface area contributed by atoms with Crippen molar-refractivity contribution >= 4 is 11.9 Å². The molecule has 0 heterocycles. The molecule has 1 saturated carbocycles. The molecule has 1 aliphatic carbocycles. The average molecular weight is 247 g/mol. The van der Waals surface area contributed by atoms with Crippen molar-refractivity contribution in [2.45, 2.75) is 26.2 Å². The first-order valence-corrected chi connectivity index (χ1v) is 6.19. The average Bonchev–Trinajstić information content (AvgIpc) is 3.12. The lowest BCUT2D eigenvalue weighted by molar-refractivity contribution is 0.0696. The molecule has 0 unspecified atom stereocenters. The first kappa shape index (κ1) is 12.6. The van der Waals surface area contributed by atoms with Gasteiger partial charge in [0.2, 0.25) is 0 Å². The Morgan fingerprint density at radius 1 is 1.28 bits per heavy atom. The van der Waals surface area contributed by atoms with Crippen LogP contribution in [-0.4, -0.2) is 23.5 Å². The summed E-state index contributed by atoms with van der Waals surface area (Å²) in [5.74, 6) is -0.426. The van der Waals surface area contributed by atoms with Gasteiger partial charge in [0, 0.05) is 12.1 Å². The van der Waals surface area contributed by atoms with Crippen LogP contribution in [0.15, 0.2) is 18.2 Å². The molecule has 0 bridgehead atoms. The lowest BCUT2D eigenvalue weighted by Crippen LogP contribution is -2.25. The van der Waals surface area contributed by atoms with Crippen molar-refractivity contribution in [3.8, 4) is 0 Å². The highest BCUT2D eigenvalue weighted by atomic mass is 16.4. The molecule has 18 heavy (non-hydrogen) atoms. The van der Waals surface area contributed by atoms with E-state index in [0.29, 0.717) is 12.1 Å². The summed E-state index contributed by atoms with van der Waals surface area (Å²) in [7, 11) is 0. The Morgan fingerprint density at radius 3 is 2.56 bits per heavy atom. The highest BCUT2D eigenvalue weighted by molar-refractivity contribution is 5.97. The molecule has 2 rings (SSSR count). The molecule has 1 aromatic rings. The van der Waals surface area contributed by atoms with Crippen LogP contribution in [0, 0.1) is 12.8 Å². The first-order chi connectivity index (χ1) is 8.56. The number of carbonyl (C=O) groups excluding carboxylic acids is 1. The fraction of sp³-hybridized carbons (Fsp3) is 0.429. The summed E-state index contributed by atoms with van der Waals surface area (Å²) >= 11 is 0. The first-order valence-electron chi connectivity index (χ1n) is 6.19. The van der Waals surface area contributed by atoms with Gasteiger partial charge in [-0.3, -0.25) is 4.79 Å². The van der Waals surface area contributed by atoms with Gasteiger partial charge in [0.05, 0.1) is 5.56 Å². The van der Waals surface area contributed by atoms with E-state index in [1.807, 2.05) is 0 Å². The zero-order valence-electron chi connectivity index (χ0n) is 10.4. The zero-order valence-corrected chi connectivity index (χ0v) is 10.4. The second-order valence-electron chi connectivity index (χ2n) is 4.88. The van der Waals surface area contributed by atoms with E-state index in [-0.39, 0.29) is 11.5 Å². The molecule has 0 saturated heterocycles. The fourth-order valence-corrected chi connectivity index (χ4v) is 1.94. The molecule has 4 heteroatoms. The topological polar surface area (TPSA) is 66.4 Å². The largest absolute Gasteiger partial charge is 0.478 e. The molecule has 1 aromatic carbocycles. The number of rotatable bonds is 5. The fourth-order valence-electron chi connectivity index (χ4n) is 1.94. The second kappa shape index (κ2) is 5.21. The van der Waals surface area contributed by atoms with Crippen LogP contribution in [0.3, 0.4) is 0 Å². The van der Waals surface area contributed by atoms with Crippen molar-refractivity contribution in [3.63, 3.8) is 0 Å². The van der Waals surface area contributed by atoms with E-state index in [1.54, 1.807) is 19.1 Å². The molecule has 1 amide bonds. The lowest BCUT2D eigenvalue weighted by atomic mass is 10.1. The van der Waals surface area contributed by atoms with Crippen LogP contribution in [0.5, 0.6) is 0 Å². The normalized spacial score (nSPS) is 14.3. The van der Waals surface area contributed by atoms with Gasteiger partial charge in [-0.15, -0.1) is 0 Å². The third-order valence-corrected chi connectivity index (χ3v) is 3.12. The molecule has 4 nitrogen and oxygen atoms in total. The van der Waals surface area contributed by atoms with E-state index in [2.05, 4.69) is 5.32 Å². The molecule has 0 spiro atoms. The Kier molecular flexibility index (Phi) is 3.65. The molecule has 2 N–H and O–H groups in total. The highest BCUT2D eigenvalue weighted by Gasteiger charge is 2.20. The number of aryl methyl sites for hydroxylation is 1. The molecule has 1 aliphatic rings. The van der Waals surface area contributed by atoms with Crippen LogP contribution >= 0.6 is 0 Å². The minimum Gasteiger partial charge on any atom is -0.478 e. The standard InChI is InChI=1S/C14H17NO3/c1-9-6-11(8-12(7-9)14(17)18)13(16)15-5-4-10-2-3-10/h6-8,10H,2-5H2,1H3,(H,15,16)(H,17,18). The Hall–Kier alpha value is -1.84. The van der Waals surface area contributed by atoms with Crippen LogP contribution in [0.4, 0.5) is 0 Å². The maximum atomic E-state index is 11.9. The maximum Gasteiger partial charge on any atom is 0.335 e. The number of carboxylic acids is 1. The van der Waals surface area contributed by atoms with Gasteiger partial charge in [0.25, 0.3) is 5.91 Å². The molecular formula is C14H17NO3. The van der Waals surface area contributed by atoms with E-state index in [9.17, 15) is 9.59 Å². The van der Waals surface area contributed by atoms with Crippen molar-refractivity contribution in [1.29, 1.82) is 0 Å². The van der Waals surface area contributed by atoms with E-state index in [0.717, 1.165) is 17.9 Å². The van der Waals surface area contributed by atoms with Gasteiger partial charge in [-0.1, -0.05) is 12.8 Å². The summed E-state index contributed by atoms with van der Waals surface area (Å²) in [5, 5.41) is 11.8. The van der Waals surface area contributed by atoms with Crippen LogP contribution in [0.1, 0.15) is 45.5 Å². The number of hydrogen-bond acceptors (Lipinski definition) is 2. The van der Waals surface area contributed by atoms with Crippen molar-refractivity contribution in [2.75, 3.05) is 6.54 Å². The SMILES string of the molecule is Cc1cc(C(=O)O)cc(C(=O)NCCC2CC2)c1. The van der Waals surface area contributed by atoms with E-state index >= 15 is 0 Å². The minimum atomic E-state index is -1.01. The third-order valence-electron chi connectivity index (χ3n) is 3.12. The number of carboxylic acid groups (broad SMARTS) is 1. The number of amides is 1. The summed E-state index contributed by atoms with van der Waals surface area (Å²) in [4.78, 5) is 22.8. The Bertz CT molecular complexity index is 478. The Labute approximate surface area is 106 Å². The molecule has 1 fully saturated rings. The van der Waals surface area contributed by atoms with Gasteiger partial charge in [-0.05, 0) is 43.0 Å². The predicted octanol–water partition coefficient (Wildman–Crippen LogP) is 2.22. The molecule has 0 aromatic heterocycles. The van der Waals surface area contributed by atoms with Crippen LogP contribution in [0.25, 0.3) is 0 Å². The van der Waals surface area contributed by atoms with E-state index < -0.39 is 5.97 Å². The van der Waals surface area contributed by atoms with Gasteiger partial charge in [0.15, 0.2) is 0 Å². The smallest absolute Gasteiger partial charge is 0.335 e. The molecule has 96 valence electrons. The summed E-state index contributed by atoms with van der Waals surface area (Å²) < 4.78 is 0. The number of hydrogen-bond donors (Lipinski definition) is 2. The predicted molar refractivity (Wildman–Crippen MR) is 67.8 cm³/mol. The summed E-state index contributed by atoms with van der Waals surface area (Å²) in [5.41, 5.74) is 1.35. The Morgan fingerprint density at radius 2 is 1.94 bits per heavy atom. The van der Waals surface area contributed by atoms with Crippen molar-refractivity contribution in [2.24, 2.45) is 5.92 Å². The summed E-state index contributed by atoms with van der Waals surface area (Å²) in [6.07, 6.45) is 3.55. The highest BCUT2D eigenvalue weighted by Crippen LogP contribution is 2.31. The number of carbonyl (C=O) groups is 2. The quantitative estimate of drug-likeness (QED) is 0.838. The van der Waals surface area contributed by atoms with Crippen LogP contribution < -0.4 is 5.32 Å². The van der Waals surface area contributed by atoms with Crippen molar-refractivity contribution < 1.29 is 14.7 Å². The van der Waals surface area contributed by atoms with E-state index in [1.165, 1.54) is 18.9 Å². The van der Waals surface area contributed by atoms with Crippen molar-refractivity contribution in [3.05, 3.63) is 34.9 Å². The van der Waals surface area contributed by atoms with Crippen molar-refractivity contribution in [1.82, 2.24) is 5.32 Å². The second-order valence-corrected chi connectivity index (χ2v) is 4.88. The summed E-state index contributed by atoms with van der Waals surface area (Å²) in [6.45, 7) is 2.45. The molecule has 0 atom stereocenters. The van der Waals surface area contributed by atoms with Gasteiger partial charge in [-0.25, -0.2) is 4.79 Å². The van der Waals surface area contributed by atoms with Gasteiger partial charge in [-0.2, -0.15) is 0 Å². The molecule has 0 aliphatic heterocycles. The van der Waals surface area contributed by atoms with Crippen LogP contribution in [0.2, 0.25) is 0 Å². The Balaban J connectivity index is 2.01. The maximum absolute atomic E-state index is 11.9. The van der Waals surface area contributed by atoms with Gasteiger partial charge in [0.1, 0.15) is 0 Å². The lowest BCUT2D eigenvalue weighted by Gasteiger charge is -2.06. The number of nitrogens with one attached hydrogen (secondary N) is 1. The minimum absolute atomic E-state index is 0.155. The molecular weight excluding hydrogens is 230 g/mol. The zero-order chi connectivity index (χ0) is 13.1. The van der Waals surface area contributed by atoms with E-state index in [4.69, 9.17) is 5.11 Å². The molecule has 0 radical (unpaired) electrons. The number of aromatic carboxylic acids is 1. The summed E-state index contributed by atoms with van der Waals surface area (Å²) in [6, 6.07) is 4.68.